The summed E-state index contributed by atoms with van der Waals surface area (Å²) in [6, 6.07) is 9.95. The van der Waals surface area contributed by atoms with Gasteiger partial charge in [0.15, 0.2) is 0 Å². The second-order valence-electron chi connectivity index (χ2n) is 6.34. The van der Waals surface area contributed by atoms with E-state index < -0.39 is 4.92 Å². The van der Waals surface area contributed by atoms with E-state index in [0.717, 1.165) is 22.2 Å². The highest BCUT2D eigenvalue weighted by atomic mass is 35.5. The number of aromatic nitrogens is 3. The Labute approximate surface area is 185 Å². The molecule has 9 nitrogen and oxygen atoms in total. The van der Waals surface area contributed by atoms with E-state index in [4.69, 9.17) is 21.1 Å². The third kappa shape index (κ3) is 4.65. The minimum absolute atomic E-state index is 0.126. The summed E-state index contributed by atoms with van der Waals surface area (Å²) >= 11 is 7.70. The summed E-state index contributed by atoms with van der Waals surface area (Å²) in [5.74, 6) is 1.24. The molecule has 0 aliphatic carbocycles. The predicted octanol–water partition coefficient (Wildman–Crippen LogP) is 5.10. The van der Waals surface area contributed by atoms with Crippen LogP contribution < -0.4 is 14.8 Å². The van der Waals surface area contributed by atoms with Gasteiger partial charge in [-0.25, -0.2) is 9.97 Å². The Morgan fingerprint density at radius 3 is 2.74 bits per heavy atom. The highest BCUT2D eigenvalue weighted by molar-refractivity contribution is 7.17. The van der Waals surface area contributed by atoms with E-state index in [1.165, 1.54) is 36.9 Å². The van der Waals surface area contributed by atoms with Crippen LogP contribution in [0.1, 0.15) is 5.56 Å². The molecule has 0 bridgehead atoms. The number of nitrogens with zero attached hydrogens (tertiary/aromatic N) is 4. The molecule has 158 valence electrons. The van der Waals surface area contributed by atoms with Crippen LogP contribution in [0.25, 0.3) is 10.2 Å². The minimum Gasteiger partial charge on any atom is -0.481 e. The first-order chi connectivity index (χ1) is 15.0. The zero-order chi connectivity index (χ0) is 21.8. The highest BCUT2D eigenvalue weighted by Gasteiger charge is 2.19. The number of nitrogens with one attached hydrogen (secondary N) is 1. The lowest BCUT2D eigenvalue weighted by Gasteiger charge is -2.09. The van der Waals surface area contributed by atoms with Gasteiger partial charge in [0.25, 0.3) is 0 Å². The molecule has 4 rings (SSSR count). The number of hydrogen-bond acceptors (Lipinski definition) is 9. The Bertz CT molecular complexity index is 1230. The normalized spacial score (nSPS) is 10.8. The van der Waals surface area contributed by atoms with Crippen LogP contribution in [0.2, 0.25) is 5.02 Å². The van der Waals surface area contributed by atoms with E-state index in [1.807, 2.05) is 17.5 Å². The molecule has 3 heterocycles. The molecular weight excluding hydrogens is 442 g/mol. The number of thiophene rings is 1. The lowest BCUT2D eigenvalue weighted by Crippen LogP contribution is -2.06. The second-order valence-corrected chi connectivity index (χ2v) is 7.61. The van der Waals surface area contributed by atoms with Gasteiger partial charge in [0.05, 0.1) is 22.4 Å². The number of anilines is 1. The van der Waals surface area contributed by atoms with Crippen molar-refractivity contribution in [2.24, 2.45) is 0 Å². The Kier molecular flexibility index (Phi) is 6.10. The van der Waals surface area contributed by atoms with Crippen molar-refractivity contribution in [3.63, 3.8) is 0 Å². The van der Waals surface area contributed by atoms with Crippen molar-refractivity contribution in [1.29, 1.82) is 0 Å². The minimum atomic E-state index is -0.550. The van der Waals surface area contributed by atoms with Crippen molar-refractivity contribution < 1.29 is 14.4 Å². The van der Waals surface area contributed by atoms with E-state index in [0.29, 0.717) is 23.1 Å². The molecule has 0 unspecified atom stereocenters. The molecule has 11 heteroatoms. The van der Waals surface area contributed by atoms with Crippen molar-refractivity contribution in [2.45, 2.75) is 6.42 Å². The summed E-state index contributed by atoms with van der Waals surface area (Å²) < 4.78 is 10.6. The number of pyridine rings is 1. The summed E-state index contributed by atoms with van der Waals surface area (Å²) in [4.78, 5) is 24.0. The lowest BCUT2D eigenvalue weighted by molar-refractivity contribution is -0.386. The smallest absolute Gasteiger partial charge is 0.331 e. The van der Waals surface area contributed by atoms with E-state index in [-0.39, 0.29) is 17.4 Å². The van der Waals surface area contributed by atoms with Crippen LogP contribution in [0.15, 0.2) is 48.1 Å². The highest BCUT2D eigenvalue weighted by Crippen LogP contribution is 2.33. The Hall–Kier alpha value is -3.50. The summed E-state index contributed by atoms with van der Waals surface area (Å²) in [6.45, 7) is 0.640. The van der Waals surface area contributed by atoms with Crippen LogP contribution in [0.4, 0.5) is 11.5 Å². The van der Waals surface area contributed by atoms with E-state index >= 15 is 0 Å². The number of ether oxygens (including phenoxy) is 2. The molecule has 0 atom stereocenters. The van der Waals surface area contributed by atoms with Crippen molar-refractivity contribution in [3.05, 3.63) is 68.8 Å². The topological polar surface area (TPSA) is 112 Å². The monoisotopic (exact) mass is 457 g/mol. The zero-order valence-corrected chi connectivity index (χ0v) is 17.8. The maximum atomic E-state index is 11.2. The van der Waals surface area contributed by atoms with Gasteiger partial charge in [-0.2, -0.15) is 4.98 Å². The van der Waals surface area contributed by atoms with Gasteiger partial charge in [0.2, 0.25) is 5.88 Å². The largest absolute Gasteiger partial charge is 0.481 e. The molecule has 0 aliphatic rings. The Morgan fingerprint density at radius 2 is 2.00 bits per heavy atom. The van der Waals surface area contributed by atoms with Gasteiger partial charge >= 0.3 is 11.6 Å². The van der Waals surface area contributed by atoms with Crippen molar-refractivity contribution in [3.8, 4) is 17.5 Å². The standard InChI is InChI=1S/C20H16ClN5O4S/c1-29-16-7-6-15(26(27)28)19(25-16)30-13-4-2-12(3-5-13)8-9-22-18-17-14(21)10-31-20(17)24-11-23-18/h2-7,10-11H,8-9H2,1H3,(H,22,23,24). The maximum Gasteiger partial charge on any atom is 0.331 e. The third-order valence-electron chi connectivity index (χ3n) is 4.39. The van der Waals surface area contributed by atoms with E-state index in [1.54, 1.807) is 12.1 Å². The maximum absolute atomic E-state index is 11.2. The first-order valence-electron chi connectivity index (χ1n) is 9.13. The summed E-state index contributed by atoms with van der Waals surface area (Å²) in [6.07, 6.45) is 2.24. The average molecular weight is 458 g/mol. The number of methoxy groups -OCH3 is 1. The molecule has 0 saturated heterocycles. The van der Waals surface area contributed by atoms with Crippen molar-refractivity contribution in [2.75, 3.05) is 19.0 Å². The lowest BCUT2D eigenvalue weighted by atomic mass is 10.1. The number of halogens is 1. The molecule has 1 aromatic carbocycles. The number of fused-ring (bicyclic) bond motifs is 1. The molecule has 31 heavy (non-hydrogen) atoms. The van der Waals surface area contributed by atoms with Crippen LogP contribution in [-0.4, -0.2) is 33.5 Å². The van der Waals surface area contributed by atoms with Gasteiger partial charge in [0, 0.05) is 24.1 Å². The quantitative estimate of drug-likeness (QED) is 0.287. The summed E-state index contributed by atoms with van der Waals surface area (Å²) in [5.41, 5.74) is 0.812. The van der Waals surface area contributed by atoms with Crippen LogP contribution in [0, 0.1) is 10.1 Å². The molecule has 0 saturated carbocycles. The van der Waals surface area contributed by atoms with Crippen LogP contribution >= 0.6 is 22.9 Å². The third-order valence-corrected chi connectivity index (χ3v) is 5.70. The van der Waals surface area contributed by atoms with E-state index in [9.17, 15) is 10.1 Å². The Morgan fingerprint density at radius 1 is 1.19 bits per heavy atom. The summed E-state index contributed by atoms with van der Waals surface area (Å²) in [5, 5.41) is 17.8. The number of hydrogen-bond donors (Lipinski definition) is 1. The van der Waals surface area contributed by atoms with Gasteiger partial charge in [-0.3, -0.25) is 10.1 Å². The molecular formula is C20H16ClN5O4S. The molecule has 0 radical (unpaired) electrons. The van der Waals surface area contributed by atoms with Crippen LogP contribution in [0.5, 0.6) is 17.5 Å². The average Bonchev–Trinajstić information content (AvgIpc) is 3.16. The molecule has 3 aromatic heterocycles. The summed E-state index contributed by atoms with van der Waals surface area (Å²) in [7, 11) is 1.43. The first-order valence-corrected chi connectivity index (χ1v) is 10.4. The van der Waals surface area contributed by atoms with Gasteiger partial charge < -0.3 is 14.8 Å². The fourth-order valence-corrected chi connectivity index (χ4v) is 4.01. The number of benzene rings is 1. The first kappa shape index (κ1) is 20.8. The molecule has 4 aromatic rings. The molecule has 0 amide bonds. The SMILES string of the molecule is COc1ccc([N+](=O)[O-])c(Oc2ccc(CCNc3ncnc4scc(Cl)c34)cc2)n1. The fourth-order valence-electron chi connectivity index (χ4n) is 2.88. The Balaban J connectivity index is 1.41. The molecule has 0 aliphatic heterocycles. The number of rotatable bonds is 8. The van der Waals surface area contributed by atoms with Crippen molar-refractivity contribution in [1.82, 2.24) is 15.0 Å². The van der Waals surface area contributed by atoms with Crippen LogP contribution in [-0.2, 0) is 6.42 Å². The van der Waals surface area contributed by atoms with Crippen LogP contribution in [0.3, 0.4) is 0 Å². The van der Waals surface area contributed by atoms with Crippen molar-refractivity contribution >= 4 is 44.7 Å². The fraction of sp³-hybridized carbons (Fsp3) is 0.150. The van der Waals surface area contributed by atoms with Gasteiger partial charge in [-0.1, -0.05) is 23.7 Å². The second kappa shape index (κ2) is 9.11. The zero-order valence-electron chi connectivity index (χ0n) is 16.2. The van der Waals surface area contributed by atoms with Gasteiger partial charge in [0.1, 0.15) is 22.7 Å². The molecule has 1 N–H and O–H groups in total. The molecule has 0 spiro atoms. The molecule has 0 fully saturated rings. The van der Waals surface area contributed by atoms with Gasteiger partial charge in [-0.15, -0.1) is 11.3 Å². The van der Waals surface area contributed by atoms with Gasteiger partial charge in [-0.05, 0) is 24.1 Å². The van der Waals surface area contributed by atoms with E-state index in [2.05, 4.69) is 20.3 Å². The number of nitro groups is 1. The predicted molar refractivity (Wildman–Crippen MR) is 119 cm³/mol.